The van der Waals surface area contributed by atoms with Crippen LogP contribution in [-0.2, 0) is 10.0 Å². The van der Waals surface area contributed by atoms with Crippen molar-refractivity contribution in [2.75, 3.05) is 18.4 Å². The molecule has 4 aromatic rings. The predicted molar refractivity (Wildman–Crippen MR) is 121 cm³/mol. The topological polar surface area (TPSA) is 119 Å². The van der Waals surface area contributed by atoms with Gasteiger partial charge in [0.25, 0.3) is 11.6 Å². The Hall–Kier alpha value is -3.50. The number of fused-ring (bicyclic) bond motifs is 1. The normalized spacial score (nSPS) is 15.1. The summed E-state index contributed by atoms with van der Waals surface area (Å²) in [6.07, 6.45) is 4.31. The van der Waals surface area contributed by atoms with Crippen molar-refractivity contribution in [2.24, 2.45) is 0 Å². The molecule has 0 spiro atoms. The lowest BCUT2D eigenvalue weighted by Crippen LogP contribution is -2.35. The zero-order valence-electron chi connectivity index (χ0n) is 17.9. The summed E-state index contributed by atoms with van der Waals surface area (Å²) in [4.78, 5) is 17.8. The Kier molecular flexibility index (Phi) is 5.47. The number of nitrogens with zero attached hydrogens (tertiary/aromatic N) is 3. The van der Waals surface area contributed by atoms with Crippen molar-refractivity contribution in [3.8, 4) is 11.5 Å². The fourth-order valence-electron chi connectivity index (χ4n) is 3.99. The number of aromatic nitrogens is 2. The van der Waals surface area contributed by atoms with Crippen molar-refractivity contribution >= 4 is 32.7 Å². The molecule has 0 atom stereocenters. The molecular weight excluding hydrogens is 444 g/mol. The zero-order chi connectivity index (χ0) is 23.0. The molecule has 1 aliphatic heterocycles. The minimum absolute atomic E-state index is 0.212. The molecule has 0 saturated carbocycles. The molecular formula is C23H22N4O5S. The van der Waals surface area contributed by atoms with E-state index in [2.05, 4.69) is 15.5 Å². The van der Waals surface area contributed by atoms with Crippen LogP contribution in [0.3, 0.4) is 0 Å². The number of carbonyl (C=O) groups excluding carboxylic acids is 1. The number of benzene rings is 1. The smallest absolute Gasteiger partial charge is 0.259 e. The van der Waals surface area contributed by atoms with E-state index in [1.165, 1.54) is 22.7 Å². The average molecular weight is 467 g/mol. The van der Waals surface area contributed by atoms with Crippen LogP contribution in [0.5, 0.6) is 0 Å². The largest absolute Gasteiger partial charge is 0.463 e. The van der Waals surface area contributed by atoms with Gasteiger partial charge in [-0.25, -0.2) is 13.4 Å². The molecule has 170 valence electrons. The van der Waals surface area contributed by atoms with Crippen molar-refractivity contribution in [3.63, 3.8) is 0 Å². The van der Waals surface area contributed by atoms with E-state index in [1.54, 1.807) is 37.3 Å². The Morgan fingerprint density at radius 2 is 1.85 bits per heavy atom. The van der Waals surface area contributed by atoms with E-state index in [4.69, 9.17) is 8.94 Å². The number of nitrogens with one attached hydrogen (secondary N) is 1. The lowest BCUT2D eigenvalue weighted by atomic mass is 10.1. The third kappa shape index (κ3) is 4.03. The van der Waals surface area contributed by atoms with Crippen LogP contribution < -0.4 is 5.32 Å². The maximum atomic E-state index is 13.2. The van der Waals surface area contributed by atoms with Crippen molar-refractivity contribution in [3.05, 3.63) is 60.0 Å². The van der Waals surface area contributed by atoms with Gasteiger partial charge in [-0.1, -0.05) is 11.6 Å². The molecule has 0 unspecified atom stereocenters. The van der Waals surface area contributed by atoms with Gasteiger partial charge in [0, 0.05) is 18.8 Å². The molecule has 0 aliphatic carbocycles. The Morgan fingerprint density at radius 3 is 2.55 bits per heavy atom. The van der Waals surface area contributed by atoms with E-state index in [-0.39, 0.29) is 10.6 Å². The molecule has 10 heteroatoms. The van der Waals surface area contributed by atoms with Gasteiger partial charge in [0.1, 0.15) is 5.69 Å². The van der Waals surface area contributed by atoms with Crippen molar-refractivity contribution in [2.45, 2.75) is 31.1 Å². The highest BCUT2D eigenvalue weighted by atomic mass is 32.2. The number of amides is 1. The van der Waals surface area contributed by atoms with Gasteiger partial charge in [-0.3, -0.25) is 4.79 Å². The third-order valence-corrected chi connectivity index (χ3v) is 7.61. The van der Waals surface area contributed by atoms with Crippen LogP contribution >= 0.6 is 0 Å². The van der Waals surface area contributed by atoms with Gasteiger partial charge in [0.15, 0.2) is 5.76 Å². The number of piperidine rings is 1. The summed E-state index contributed by atoms with van der Waals surface area (Å²) in [7, 11) is -3.54. The highest BCUT2D eigenvalue weighted by Crippen LogP contribution is 2.28. The lowest BCUT2D eigenvalue weighted by Gasteiger charge is -2.25. The summed E-state index contributed by atoms with van der Waals surface area (Å²) in [6, 6.07) is 11.3. The SMILES string of the molecule is Cc1noc2nc(-c3ccco3)cc(C(=O)Nc3ccc(S(=O)(=O)N4CCCCC4)cc3)c12. The van der Waals surface area contributed by atoms with Crippen LogP contribution in [0.25, 0.3) is 22.6 Å². The molecule has 0 radical (unpaired) electrons. The molecule has 4 heterocycles. The van der Waals surface area contributed by atoms with Gasteiger partial charge < -0.3 is 14.3 Å². The van der Waals surface area contributed by atoms with Crippen LogP contribution in [0.15, 0.2) is 62.6 Å². The van der Waals surface area contributed by atoms with E-state index in [1.807, 2.05) is 0 Å². The maximum Gasteiger partial charge on any atom is 0.259 e. The second kappa shape index (κ2) is 8.45. The summed E-state index contributed by atoms with van der Waals surface area (Å²) in [5.41, 5.74) is 2.01. The first-order valence-corrected chi connectivity index (χ1v) is 12.1. The Balaban J connectivity index is 1.42. The van der Waals surface area contributed by atoms with Crippen LogP contribution in [0.2, 0.25) is 0 Å². The first-order chi connectivity index (χ1) is 15.9. The molecule has 3 aromatic heterocycles. The number of sulfonamides is 1. The van der Waals surface area contributed by atoms with Crippen molar-refractivity contribution in [1.82, 2.24) is 14.4 Å². The van der Waals surface area contributed by atoms with Gasteiger partial charge in [-0.15, -0.1) is 0 Å². The second-order valence-corrected chi connectivity index (χ2v) is 9.86. The quantitative estimate of drug-likeness (QED) is 0.468. The minimum Gasteiger partial charge on any atom is -0.463 e. The number of anilines is 1. The monoisotopic (exact) mass is 466 g/mol. The molecule has 1 N–H and O–H groups in total. The van der Waals surface area contributed by atoms with Gasteiger partial charge in [0.05, 0.1) is 27.8 Å². The highest BCUT2D eigenvalue weighted by Gasteiger charge is 2.26. The molecule has 9 nitrogen and oxygen atoms in total. The molecule has 1 fully saturated rings. The van der Waals surface area contributed by atoms with E-state index >= 15 is 0 Å². The first-order valence-electron chi connectivity index (χ1n) is 10.7. The van der Waals surface area contributed by atoms with Crippen molar-refractivity contribution < 1.29 is 22.2 Å². The number of hydrogen-bond donors (Lipinski definition) is 1. The number of furan rings is 1. The van der Waals surface area contributed by atoms with Gasteiger partial charge in [-0.05, 0) is 62.2 Å². The summed E-state index contributed by atoms with van der Waals surface area (Å²) in [5.74, 6) is 0.0976. The molecule has 1 aliphatic rings. The second-order valence-electron chi connectivity index (χ2n) is 7.92. The standard InChI is InChI=1S/C23H22N4O5S/c1-15-21-18(14-19(20-6-5-13-31-20)25-23(21)32-26-15)22(28)24-16-7-9-17(10-8-16)33(29,30)27-11-3-2-4-12-27/h5-10,13-14H,2-4,11-12H2,1H3,(H,24,28). The van der Waals surface area contributed by atoms with Crippen molar-refractivity contribution in [1.29, 1.82) is 0 Å². The summed E-state index contributed by atoms with van der Waals surface area (Å²) < 4.78 is 37.9. The summed E-state index contributed by atoms with van der Waals surface area (Å²) >= 11 is 0. The number of hydrogen-bond acceptors (Lipinski definition) is 7. The van der Waals surface area contributed by atoms with Crippen LogP contribution in [-0.4, -0.2) is 41.9 Å². The van der Waals surface area contributed by atoms with E-state index < -0.39 is 15.9 Å². The van der Waals surface area contributed by atoms with Crippen LogP contribution in [0, 0.1) is 6.92 Å². The zero-order valence-corrected chi connectivity index (χ0v) is 18.8. The maximum absolute atomic E-state index is 13.2. The third-order valence-electron chi connectivity index (χ3n) is 5.70. The fourth-order valence-corrected chi connectivity index (χ4v) is 5.50. The van der Waals surface area contributed by atoms with Gasteiger partial charge >= 0.3 is 0 Å². The van der Waals surface area contributed by atoms with Crippen LogP contribution in [0.1, 0.15) is 35.3 Å². The first kappa shape index (κ1) is 21.4. The molecule has 0 bridgehead atoms. The minimum atomic E-state index is -3.54. The number of carbonyl (C=O) groups is 1. The van der Waals surface area contributed by atoms with E-state index in [0.717, 1.165) is 19.3 Å². The number of pyridine rings is 1. The summed E-state index contributed by atoms with van der Waals surface area (Å²) in [6.45, 7) is 2.81. The Labute approximate surface area is 190 Å². The molecule has 33 heavy (non-hydrogen) atoms. The average Bonchev–Trinajstić information content (AvgIpc) is 3.50. The van der Waals surface area contributed by atoms with E-state index in [9.17, 15) is 13.2 Å². The molecule has 1 aromatic carbocycles. The Morgan fingerprint density at radius 1 is 1.09 bits per heavy atom. The predicted octanol–water partition coefficient (Wildman–Crippen LogP) is 4.22. The Bertz CT molecular complexity index is 1400. The van der Waals surface area contributed by atoms with Crippen LogP contribution in [0.4, 0.5) is 5.69 Å². The highest BCUT2D eigenvalue weighted by molar-refractivity contribution is 7.89. The molecule has 1 amide bonds. The molecule has 5 rings (SSSR count). The fraction of sp³-hybridized carbons (Fsp3) is 0.261. The number of rotatable bonds is 5. The van der Waals surface area contributed by atoms with E-state index in [0.29, 0.717) is 46.9 Å². The molecule has 1 saturated heterocycles. The number of aryl methyl sites for hydroxylation is 1. The van der Waals surface area contributed by atoms with Gasteiger partial charge in [0.2, 0.25) is 10.0 Å². The van der Waals surface area contributed by atoms with Gasteiger partial charge in [-0.2, -0.15) is 4.31 Å². The lowest BCUT2D eigenvalue weighted by molar-refractivity contribution is 0.102. The summed E-state index contributed by atoms with van der Waals surface area (Å²) in [5, 5.41) is 7.26.